The van der Waals surface area contributed by atoms with Crippen molar-refractivity contribution >= 4 is 17.7 Å². The highest BCUT2D eigenvalue weighted by Crippen LogP contribution is 2.35. The van der Waals surface area contributed by atoms with Gasteiger partial charge in [-0.25, -0.2) is 0 Å². The maximum atomic E-state index is 10.6. The van der Waals surface area contributed by atoms with Crippen molar-refractivity contribution in [1.82, 2.24) is 14.8 Å². The highest BCUT2D eigenvalue weighted by Gasteiger charge is 2.25. The second kappa shape index (κ2) is 5.53. The molecule has 0 aliphatic heterocycles. The third-order valence-corrected chi connectivity index (χ3v) is 3.90. The number of carboxylic acids is 1. The second-order valence-corrected chi connectivity index (χ2v) is 5.23. The molecule has 1 N–H and O–H groups in total. The maximum Gasteiger partial charge on any atom is 0.313 e. The van der Waals surface area contributed by atoms with E-state index in [0.717, 1.165) is 36.7 Å². The van der Waals surface area contributed by atoms with Gasteiger partial charge in [-0.05, 0) is 25.7 Å². The van der Waals surface area contributed by atoms with Gasteiger partial charge in [0.2, 0.25) is 0 Å². The molecule has 0 spiro atoms. The molecule has 1 aliphatic carbocycles. The molecule has 0 saturated heterocycles. The van der Waals surface area contributed by atoms with Gasteiger partial charge in [-0.2, -0.15) is 0 Å². The summed E-state index contributed by atoms with van der Waals surface area (Å²) >= 11 is 1.27. The summed E-state index contributed by atoms with van der Waals surface area (Å²) in [6.07, 6.45) is 5.52. The molecule has 1 aliphatic rings. The number of hydrogen-bond donors (Lipinski definition) is 1. The van der Waals surface area contributed by atoms with Crippen LogP contribution in [0, 0.1) is 0 Å². The Labute approximate surface area is 105 Å². The van der Waals surface area contributed by atoms with E-state index in [9.17, 15) is 4.79 Å². The number of hydrogen-bond acceptors (Lipinski definition) is 4. The molecule has 0 atom stereocenters. The number of carbonyl (C=O) groups is 1. The van der Waals surface area contributed by atoms with Crippen LogP contribution in [0.4, 0.5) is 0 Å². The maximum absolute atomic E-state index is 10.6. The van der Waals surface area contributed by atoms with Crippen molar-refractivity contribution < 1.29 is 9.90 Å². The SMILES string of the molecule is CCCc1nnc(SCC(=O)O)n1C1CCC1. The molecule has 0 unspecified atom stereocenters. The molecule has 0 aromatic carbocycles. The first-order valence-electron chi connectivity index (χ1n) is 6.00. The average Bonchev–Trinajstić information content (AvgIpc) is 2.58. The molecule has 1 aromatic heterocycles. The fourth-order valence-corrected chi connectivity index (χ4v) is 2.68. The van der Waals surface area contributed by atoms with Crippen molar-refractivity contribution in [3.8, 4) is 0 Å². The normalized spacial score (nSPS) is 15.8. The molecule has 6 heteroatoms. The summed E-state index contributed by atoms with van der Waals surface area (Å²) in [4.78, 5) is 10.6. The zero-order chi connectivity index (χ0) is 12.3. The summed E-state index contributed by atoms with van der Waals surface area (Å²) < 4.78 is 2.15. The molecule has 94 valence electrons. The Balaban J connectivity index is 2.15. The Morgan fingerprint density at radius 1 is 1.53 bits per heavy atom. The van der Waals surface area contributed by atoms with Crippen LogP contribution in [0.5, 0.6) is 0 Å². The van der Waals surface area contributed by atoms with Gasteiger partial charge in [0.15, 0.2) is 5.16 Å². The van der Waals surface area contributed by atoms with Crippen molar-refractivity contribution in [2.45, 2.75) is 50.2 Å². The van der Waals surface area contributed by atoms with Crippen LogP contribution in [0.15, 0.2) is 5.16 Å². The summed E-state index contributed by atoms with van der Waals surface area (Å²) in [5.41, 5.74) is 0. The van der Waals surface area contributed by atoms with E-state index in [1.807, 2.05) is 0 Å². The molecule has 1 fully saturated rings. The van der Waals surface area contributed by atoms with Crippen molar-refractivity contribution in [2.75, 3.05) is 5.75 Å². The number of aromatic nitrogens is 3. The van der Waals surface area contributed by atoms with Crippen LogP contribution in [-0.2, 0) is 11.2 Å². The van der Waals surface area contributed by atoms with Gasteiger partial charge in [0.05, 0.1) is 5.75 Å². The van der Waals surface area contributed by atoms with Crippen molar-refractivity contribution in [3.05, 3.63) is 5.82 Å². The smallest absolute Gasteiger partial charge is 0.313 e. The van der Waals surface area contributed by atoms with E-state index in [-0.39, 0.29) is 5.75 Å². The van der Waals surface area contributed by atoms with Gasteiger partial charge in [-0.15, -0.1) is 10.2 Å². The number of thioether (sulfide) groups is 1. The van der Waals surface area contributed by atoms with Crippen LogP contribution in [0.2, 0.25) is 0 Å². The van der Waals surface area contributed by atoms with E-state index in [1.165, 1.54) is 18.2 Å². The fraction of sp³-hybridized carbons (Fsp3) is 0.727. The zero-order valence-electron chi connectivity index (χ0n) is 9.93. The van der Waals surface area contributed by atoms with E-state index < -0.39 is 5.97 Å². The van der Waals surface area contributed by atoms with Crippen LogP contribution in [-0.4, -0.2) is 31.6 Å². The standard InChI is InChI=1S/C11H17N3O2S/c1-2-4-9-12-13-11(17-7-10(15)16)14(9)8-5-3-6-8/h8H,2-7H2,1H3,(H,15,16). The minimum atomic E-state index is -0.810. The first kappa shape index (κ1) is 12.4. The molecule has 1 aromatic rings. The monoisotopic (exact) mass is 255 g/mol. The van der Waals surface area contributed by atoms with Gasteiger partial charge in [-0.1, -0.05) is 18.7 Å². The summed E-state index contributed by atoms with van der Waals surface area (Å²) in [5, 5.41) is 17.8. The first-order chi connectivity index (χ1) is 8.22. The molecule has 5 nitrogen and oxygen atoms in total. The van der Waals surface area contributed by atoms with Crippen LogP contribution in [0.25, 0.3) is 0 Å². The zero-order valence-corrected chi connectivity index (χ0v) is 10.7. The Bertz CT molecular complexity index is 401. The van der Waals surface area contributed by atoms with Crippen LogP contribution in [0.1, 0.15) is 44.5 Å². The van der Waals surface area contributed by atoms with Crippen molar-refractivity contribution in [2.24, 2.45) is 0 Å². The Hall–Kier alpha value is -1.04. The number of aryl methyl sites for hydroxylation is 1. The first-order valence-corrected chi connectivity index (χ1v) is 6.99. The van der Waals surface area contributed by atoms with Gasteiger partial charge >= 0.3 is 5.97 Å². The lowest BCUT2D eigenvalue weighted by Crippen LogP contribution is -2.20. The molecule has 2 rings (SSSR count). The minimum Gasteiger partial charge on any atom is -0.481 e. The average molecular weight is 255 g/mol. The lowest BCUT2D eigenvalue weighted by Gasteiger charge is -2.29. The fourth-order valence-electron chi connectivity index (χ4n) is 1.94. The van der Waals surface area contributed by atoms with Crippen LogP contribution >= 0.6 is 11.8 Å². The Morgan fingerprint density at radius 3 is 2.82 bits per heavy atom. The number of nitrogens with zero attached hydrogens (tertiary/aromatic N) is 3. The molecular formula is C11H17N3O2S. The van der Waals surface area contributed by atoms with E-state index >= 15 is 0 Å². The topological polar surface area (TPSA) is 68.0 Å². The van der Waals surface area contributed by atoms with Crippen molar-refractivity contribution in [3.63, 3.8) is 0 Å². The summed E-state index contributed by atoms with van der Waals surface area (Å²) in [6, 6.07) is 0.489. The third kappa shape index (κ3) is 2.80. The summed E-state index contributed by atoms with van der Waals surface area (Å²) in [6.45, 7) is 2.11. The van der Waals surface area contributed by atoms with Crippen LogP contribution < -0.4 is 0 Å². The minimum absolute atomic E-state index is 0.0526. The van der Waals surface area contributed by atoms with Gasteiger partial charge in [-0.3, -0.25) is 4.79 Å². The summed E-state index contributed by atoms with van der Waals surface area (Å²) in [7, 11) is 0. The molecule has 0 radical (unpaired) electrons. The van der Waals surface area contributed by atoms with Gasteiger partial charge in [0.1, 0.15) is 5.82 Å². The van der Waals surface area contributed by atoms with E-state index in [0.29, 0.717) is 6.04 Å². The van der Waals surface area contributed by atoms with Crippen molar-refractivity contribution in [1.29, 1.82) is 0 Å². The third-order valence-electron chi connectivity index (χ3n) is 2.97. The van der Waals surface area contributed by atoms with Crippen LogP contribution in [0.3, 0.4) is 0 Å². The van der Waals surface area contributed by atoms with E-state index in [1.54, 1.807) is 0 Å². The Morgan fingerprint density at radius 2 is 2.29 bits per heavy atom. The highest BCUT2D eigenvalue weighted by atomic mass is 32.2. The quantitative estimate of drug-likeness (QED) is 0.789. The molecular weight excluding hydrogens is 238 g/mol. The van der Waals surface area contributed by atoms with E-state index in [2.05, 4.69) is 21.7 Å². The predicted molar refractivity (Wildman–Crippen MR) is 65.3 cm³/mol. The molecule has 1 saturated carbocycles. The highest BCUT2D eigenvalue weighted by molar-refractivity contribution is 7.99. The number of carboxylic acid groups (broad SMARTS) is 1. The Kier molecular flexibility index (Phi) is 4.04. The van der Waals surface area contributed by atoms with Gasteiger partial charge < -0.3 is 9.67 Å². The van der Waals surface area contributed by atoms with Gasteiger partial charge in [0, 0.05) is 12.5 Å². The summed E-state index contributed by atoms with van der Waals surface area (Å²) in [5.74, 6) is 0.247. The molecule has 0 bridgehead atoms. The lowest BCUT2D eigenvalue weighted by atomic mass is 9.93. The van der Waals surface area contributed by atoms with Gasteiger partial charge in [0.25, 0.3) is 0 Å². The molecule has 17 heavy (non-hydrogen) atoms. The second-order valence-electron chi connectivity index (χ2n) is 4.29. The number of rotatable bonds is 6. The lowest BCUT2D eigenvalue weighted by molar-refractivity contribution is -0.133. The molecule has 1 heterocycles. The largest absolute Gasteiger partial charge is 0.481 e. The predicted octanol–water partition coefficient (Wildman–Crippen LogP) is 2.13. The number of aliphatic carboxylic acids is 1. The van der Waals surface area contributed by atoms with E-state index in [4.69, 9.17) is 5.11 Å². The molecule has 0 amide bonds.